The normalized spacial score (nSPS) is 15.8. The Hall–Kier alpha value is -3.43. The Morgan fingerprint density at radius 3 is 2.50 bits per heavy atom. The first-order chi connectivity index (χ1) is 16.3. The number of aliphatic imine (C=N–C) groups is 1. The van der Waals surface area contributed by atoms with E-state index in [2.05, 4.69) is 34.0 Å². The van der Waals surface area contributed by atoms with Crippen LogP contribution in [0.4, 0.5) is 0 Å². The minimum Gasteiger partial charge on any atom is -0.481 e. The molecule has 0 aliphatic carbocycles. The summed E-state index contributed by atoms with van der Waals surface area (Å²) in [4.78, 5) is 26.4. The van der Waals surface area contributed by atoms with Crippen molar-refractivity contribution in [1.82, 2.24) is 24.7 Å². The molecule has 0 amide bonds. The van der Waals surface area contributed by atoms with Crippen LogP contribution in [0.5, 0.6) is 0 Å². The number of halogens is 1. The summed E-state index contributed by atoms with van der Waals surface area (Å²) in [6.07, 6.45) is 1.43. The summed E-state index contributed by atoms with van der Waals surface area (Å²) >= 11 is 7.67. The van der Waals surface area contributed by atoms with Crippen LogP contribution in [0.25, 0.3) is 16.3 Å². The lowest BCUT2D eigenvalue weighted by molar-refractivity contribution is -0.141. The van der Waals surface area contributed by atoms with Gasteiger partial charge in [0.1, 0.15) is 28.3 Å². The summed E-state index contributed by atoms with van der Waals surface area (Å²) in [7, 11) is 0. The van der Waals surface area contributed by atoms with E-state index in [0.29, 0.717) is 16.8 Å². The molecule has 0 bridgehead atoms. The summed E-state index contributed by atoms with van der Waals surface area (Å²) in [6, 6.07) is 8.88. The van der Waals surface area contributed by atoms with Gasteiger partial charge in [0.15, 0.2) is 5.82 Å². The summed E-state index contributed by atoms with van der Waals surface area (Å²) in [6.45, 7) is 7.67. The molecule has 0 saturated carbocycles. The van der Waals surface area contributed by atoms with Gasteiger partial charge in [0.25, 0.3) is 0 Å². The fourth-order valence-corrected chi connectivity index (χ4v) is 5.47. The molecule has 34 heavy (non-hydrogen) atoms. The van der Waals surface area contributed by atoms with Crippen molar-refractivity contribution in [2.75, 3.05) is 0 Å². The van der Waals surface area contributed by atoms with Crippen LogP contribution in [0.3, 0.4) is 0 Å². The first-order valence-electron chi connectivity index (χ1n) is 10.7. The molecule has 1 N–H and O–H groups in total. The third-order valence-corrected chi connectivity index (χ3v) is 7.54. The van der Waals surface area contributed by atoms with E-state index in [1.165, 1.54) is 6.33 Å². The van der Waals surface area contributed by atoms with Crippen LogP contribution < -0.4 is 0 Å². The van der Waals surface area contributed by atoms with E-state index in [4.69, 9.17) is 16.6 Å². The molecule has 1 aromatic carbocycles. The highest BCUT2D eigenvalue weighted by Gasteiger charge is 2.36. The fraction of sp³-hybridized carbons (Fsp3) is 0.250. The predicted molar refractivity (Wildman–Crippen MR) is 131 cm³/mol. The molecule has 0 fully saturated rings. The number of hydrogen-bond acceptors (Lipinski definition) is 7. The number of thiophene rings is 1. The summed E-state index contributed by atoms with van der Waals surface area (Å²) < 4.78 is 1.96. The molecule has 172 valence electrons. The first-order valence-corrected chi connectivity index (χ1v) is 11.9. The summed E-state index contributed by atoms with van der Waals surface area (Å²) in [5.41, 5.74) is 5.32. The number of aryl methyl sites for hydroxylation is 2. The van der Waals surface area contributed by atoms with Gasteiger partial charge in [-0.3, -0.25) is 14.4 Å². The third kappa shape index (κ3) is 3.61. The van der Waals surface area contributed by atoms with Gasteiger partial charge in [0, 0.05) is 27.6 Å². The van der Waals surface area contributed by atoms with Crippen molar-refractivity contribution in [1.29, 1.82) is 0 Å². The van der Waals surface area contributed by atoms with E-state index >= 15 is 0 Å². The molecule has 4 heterocycles. The number of benzene rings is 1. The molecule has 10 heteroatoms. The van der Waals surface area contributed by atoms with E-state index in [0.717, 1.165) is 43.5 Å². The Labute approximate surface area is 205 Å². The number of aromatic nitrogens is 5. The summed E-state index contributed by atoms with van der Waals surface area (Å²) in [5, 5.41) is 19.8. The molecule has 4 aromatic rings. The molecule has 1 aliphatic rings. The smallest absolute Gasteiger partial charge is 0.308 e. The molecule has 1 unspecified atom stereocenters. The number of hydrogen-bond donors (Lipinski definition) is 1. The Kier molecular flexibility index (Phi) is 5.53. The van der Waals surface area contributed by atoms with E-state index < -0.39 is 17.9 Å². The second kappa shape index (κ2) is 8.41. The molecule has 5 rings (SSSR count). The van der Waals surface area contributed by atoms with Crippen molar-refractivity contribution in [3.63, 3.8) is 0 Å². The first kappa shape index (κ1) is 22.4. The van der Waals surface area contributed by atoms with Crippen LogP contribution in [-0.2, 0) is 4.79 Å². The van der Waals surface area contributed by atoms with Crippen LogP contribution in [-0.4, -0.2) is 41.5 Å². The average molecular weight is 493 g/mol. The van der Waals surface area contributed by atoms with Gasteiger partial charge in [0.05, 0.1) is 17.3 Å². The van der Waals surface area contributed by atoms with Crippen molar-refractivity contribution < 1.29 is 9.90 Å². The Morgan fingerprint density at radius 1 is 1.12 bits per heavy atom. The predicted octanol–water partition coefficient (Wildman–Crippen LogP) is 4.98. The van der Waals surface area contributed by atoms with Gasteiger partial charge < -0.3 is 5.11 Å². The van der Waals surface area contributed by atoms with Crippen LogP contribution in [0, 0.1) is 26.7 Å². The minimum absolute atomic E-state index is 0.375. The van der Waals surface area contributed by atoms with Gasteiger partial charge in [-0.1, -0.05) is 35.9 Å². The standard InChI is InChI=1S/C24H21ClN6O2S/c1-11-13(3)34-23-19(11)21(16-7-5-15(6-8-16)17-9-18(25)27-10-26-17)28-20(12(2)24(32)33)22-30-29-14(4)31(22)23/h5-10,12,20H,1-4H3,(H,32,33)/t12-,20?/m0/s1. The Balaban J connectivity index is 1.71. The number of carboxylic acid groups (broad SMARTS) is 1. The molecule has 0 saturated heterocycles. The molecule has 0 radical (unpaired) electrons. The van der Waals surface area contributed by atoms with Crippen molar-refractivity contribution in [3.05, 3.63) is 75.0 Å². The summed E-state index contributed by atoms with van der Waals surface area (Å²) in [5.74, 6) is -0.477. The molecule has 0 spiro atoms. The zero-order valence-electron chi connectivity index (χ0n) is 18.9. The van der Waals surface area contributed by atoms with Crippen molar-refractivity contribution in [3.8, 4) is 16.3 Å². The van der Waals surface area contributed by atoms with Crippen LogP contribution in [0.15, 0.2) is 41.7 Å². The Morgan fingerprint density at radius 2 is 1.82 bits per heavy atom. The van der Waals surface area contributed by atoms with E-state index in [-0.39, 0.29) is 0 Å². The minimum atomic E-state index is -0.936. The highest BCUT2D eigenvalue weighted by molar-refractivity contribution is 7.15. The molecule has 2 atom stereocenters. The average Bonchev–Trinajstić information content (AvgIpc) is 3.28. The number of carbonyl (C=O) groups is 1. The largest absolute Gasteiger partial charge is 0.481 e. The van der Waals surface area contributed by atoms with Gasteiger partial charge >= 0.3 is 5.97 Å². The highest BCUT2D eigenvalue weighted by Crippen LogP contribution is 2.40. The van der Waals surface area contributed by atoms with Crippen LogP contribution in [0.2, 0.25) is 5.15 Å². The molecule has 8 nitrogen and oxygen atoms in total. The van der Waals surface area contributed by atoms with E-state index in [1.807, 2.05) is 35.8 Å². The van der Waals surface area contributed by atoms with E-state index in [1.54, 1.807) is 24.3 Å². The molecule has 1 aliphatic heterocycles. The number of rotatable bonds is 4. The van der Waals surface area contributed by atoms with Crippen LogP contribution >= 0.6 is 22.9 Å². The van der Waals surface area contributed by atoms with Crippen molar-refractivity contribution >= 4 is 34.6 Å². The second-order valence-electron chi connectivity index (χ2n) is 8.26. The molecular formula is C24H21ClN6O2S. The maximum absolute atomic E-state index is 12.0. The Bertz CT molecular complexity index is 1460. The molecule has 3 aromatic heterocycles. The van der Waals surface area contributed by atoms with Gasteiger partial charge in [-0.25, -0.2) is 9.97 Å². The fourth-order valence-electron chi connectivity index (χ4n) is 4.11. The number of carboxylic acids is 1. The second-order valence-corrected chi connectivity index (χ2v) is 9.85. The van der Waals surface area contributed by atoms with Gasteiger partial charge in [0.2, 0.25) is 0 Å². The lowest BCUT2D eigenvalue weighted by Crippen LogP contribution is -2.21. The topological polar surface area (TPSA) is 106 Å². The van der Waals surface area contributed by atoms with E-state index in [9.17, 15) is 9.90 Å². The highest BCUT2D eigenvalue weighted by atomic mass is 35.5. The maximum atomic E-state index is 12.0. The van der Waals surface area contributed by atoms with Crippen molar-refractivity contribution in [2.24, 2.45) is 10.9 Å². The van der Waals surface area contributed by atoms with Gasteiger partial charge in [-0.05, 0) is 33.3 Å². The number of fused-ring (bicyclic) bond motifs is 3. The number of nitrogens with zero attached hydrogens (tertiary/aromatic N) is 6. The zero-order chi connectivity index (χ0) is 24.1. The zero-order valence-corrected chi connectivity index (χ0v) is 20.5. The van der Waals surface area contributed by atoms with Gasteiger partial charge in [-0.2, -0.15) is 0 Å². The lowest BCUT2D eigenvalue weighted by Gasteiger charge is -2.16. The maximum Gasteiger partial charge on any atom is 0.308 e. The van der Waals surface area contributed by atoms with Crippen molar-refractivity contribution in [2.45, 2.75) is 33.7 Å². The lowest BCUT2D eigenvalue weighted by atomic mass is 9.97. The monoisotopic (exact) mass is 492 g/mol. The SMILES string of the molecule is Cc1sc2c(c1C)C(c1ccc(-c3cc(Cl)ncn3)cc1)=NC([C@H](C)C(=O)O)c1nnc(C)n1-2. The molecular weight excluding hydrogens is 472 g/mol. The quantitative estimate of drug-likeness (QED) is 0.403. The third-order valence-electron chi connectivity index (χ3n) is 6.14. The van der Waals surface area contributed by atoms with Crippen LogP contribution in [0.1, 0.15) is 46.2 Å². The van der Waals surface area contributed by atoms with Gasteiger partial charge in [-0.15, -0.1) is 21.5 Å². The number of aliphatic carboxylic acids is 1.